The molecule has 0 fully saturated rings. The summed E-state index contributed by atoms with van der Waals surface area (Å²) in [4.78, 5) is 39.6. The van der Waals surface area contributed by atoms with Gasteiger partial charge in [0.2, 0.25) is 0 Å². The van der Waals surface area contributed by atoms with Crippen LogP contribution in [0.2, 0.25) is 0 Å². The quantitative estimate of drug-likeness (QED) is 0.374. The van der Waals surface area contributed by atoms with Gasteiger partial charge in [-0.3, -0.25) is 24.3 Å². The molecule has 0 radical (unpaired) electrons. The first-order chi connectivity index (χ1) is 12.5. The zero-order valence-corrected chi connectivity index (χ0v) is 14.7. The molecule has 0 aliphatic heterocycles. The second-order valence-corrected chi connectivity index (χ2v) is 6.39. The van der Waals surface area contributed by atoms with Gasteiger partial charge in [-0.2, -0.15) is 0 Å². The van der Waals surface area contributed by atoms with Crippen LogP contribution in [-0.2, 0) is 16.1 Å². The Kier molecular flexibility index (Phi) is 5.08. The Balaban J connectivity index is 2.00. The number of nitrogens with zero attached hydrogens (tertiary/aromatic N) is 3. The lowest BCUT2D eigenvalue weighted by atomic mass is 10.1. The van der Waals surface area contributed by atoms with Crippen LogP contribution in [0.1, 0.15) is 13.3 Å². The maximum Gasteiger partial charge on any atom is 0.326 e. The van der Waals surface area contributed by atoms with Gasteiger partial charge in [0.15, 0.2) is 0 Å². The number of carbonyl (C=O) groups excluding carboxylic acids is 1. The molecule has 0 atom stereocenters. The fraction of sp³-hybridized carbons (Fsp3) is 0.235. The van der Waals surface area contributed by atoms with Crippen molar-refractivity contribution in [3.63, 3.8) is 0 Å². The van der Waals surface area contributed by atoms with Crippen molar-refractivity contribution in [2.24, 2.45) is 0 Å². The van der Waals surface area contributed by atoms with E-state index < -0.39 is 10.9 Å². The molecule has 0 unspecified atom stereocenters. The lowest BCUT2D eigenvalue weighted by Crippen LogP contribution is -2.25. The molecular formula is C17H15N3O5S. The Morgan fingerprint density at radius 1 is 1.35 bits per heavy atom. The molecule has 0 bridgehead atoms. The molecule has 0 amide bonds. The highest BCUT2D eigenvalue weighted by atomic mass is 32.1. The second kappa shape index (κ2) is 7.44. The number of hydrogen-bond donors (Lipinski definition) is 0. The van der Waals surface area contributed by atoms with Crippen LogP contribution in [0.25, 0.3) is 21.3 Å². The number of fused-ring (bicyclic) bond motifs is 1. The van der Waals surface area contributed by atoms with Crippen LogP contribution in [0, 0.1) is 10.1 Å². The van der Waals surface area contributed by atoms with Crippen molar-refractivity contribution in [2.45, 2.75) is 19.9 Å². The number of aromatic nitrogens is 2. The van der Waals surface area contributed by atoms with Gasteiger partial charge < -0.3 is 4.74 Å². The maximum absolute atomic E-state index is 12.8. The Hall–Kier alpha value is -3.07. The number of ether oxygens (including phenoxy) is 1. The summed E-state index contributed by atoms with van der Waals surface area (Å²) in [6.45, 7) is 1.97. The summed E-state index contributed by atoms with van der Waals surface area (Å²) in [6.07, 6.45) is 2.03. The van der Waals surface area contributed by atoms with E-state index in [2.05, 4.69) is 4.98 Å². The summed E-state index contributed by atoms with van der Waals surface area (Å²) in [5, 5.41) is 12.9. The fourth-order valence-corrected chi connectivity index (χ4v) is 3.36. The minimum atomic E-state index is -0.498. The molecule has 0 spiro atoms. The summed E-state index contributed by atoms with van der Waals surface area (Å²) in [5.74, 6) is -0.498. The number of benzene rings is 1. The summed E-state index contributed by atoms with van der Waals surface area (Å²) >= 11 is 1.30. The van der Waals surface area contributed by atoms with Gasteiger partial charge in [0, 0.05) is 23.1 Å². The largest absolute Gasteiger partial charge is 0.464 e. The zero-order valence-electron chi connectivity index (χ0n) is 13.9. The molecule has 2 aromatic heterocycles. The van der Waals surface area contributed by atoms with E-state index in [0.717, 1.165) is 0 Å². The van der Waals surface area contributed by atoms with Crippen LogP contribution in [0.5, 0.6) is 0 Å². The normalized spacial score (nSPS) is 10.8. The van der Waals surface area contributed by atoms with Crippen molar-refractivity contribution in [1.82, 2.24) is 9.55 Å². The Morgan fingerprint density at radius 2 is 2.08 bits per heavy atom. The first-order valence-corrected chi connectivity index (χ1v) is 8.76. The van der Waals surface area contributed by atoms with Crippen LogP contribution in [0.15, 0.2) is 40.8 Å². The van der Waals surface area contributed by atoms with Crippen LogP contribution in [0.3, 0.4) is 0 Å². The van der Waals surface area contributed by atoms with Crippen LogP contribution in [-0.4, -0.2) is 27.1 Å². The molecule has 8 nitrogen and oxygen atoms in total. The van der Waals surface area contributed by atoms with E-state index in [1.54, 1.807) is 17.5 Å². The molecule has 1 aromatic carbocycles. The van der Waals surface area contributed by atoms with E-state index in [0.29, 0.717) is 34.4 Å². The lowest BCUT2D eigenvalue weighted by Gasteiger charge is -2.06. The number of esters is 1. The predicted molar refractivity (Wildman–Crippen MR) is 97.2 cm³/mol. The number of nitro benzene ring substituents is 1. The molecule has 0 aliphatic carbocycles. The molecule has 9 heteroatoms. The average Bonchev–Trinajstić information content (AvgIpc) is 3.07. The molecule has 3 aromatic rings. The number of carbonyl (C=O) groups is 1. The van der Waals surface area contributed by atoms with Crippen LogP contribution in [0.4, 0.5) is 5.69 Å². The predicted octanol–water partition coefficient (Wildman–Crippen LogP) is 2.99. The van der Waals surface area contributed by atoms with Gasteiger partial charge in [-0.15, -0.1) is 11.3 Å². The number of rotatable bonds is 6. The SMILES string of the molecule is CCCOC(=O)Cn1cnc2scc(-c3ccc([N+](=O)[O-])cc3)c2c1=O. The molecule has 2 heterocycles. The van der Waals surface area contributed by atoms with E-state index in [-0.39, 0.29) is 17.8 Å². The maximum atomic E-state index is 12.8. The highest BCUT2D eigenvalue weighted by molar-refractivity contribution is 7.17. The average molecular weight is 373 g/mol. The minimum absolute atomic E-state index is 0.0255. The van der Waals surface area contributed by atoms with Gasteiger partial charge in [-0.1, -0.05) is 6.92 Å². The fourth-order valence-electron chi connectivity index (χ4n) is 2.46. The van der Waals surface area contributed by atoms with Crippen molar-refractivity contribution in [1.29, 1.82) is 0 Å². The summed E-state index contributed by atoms with van der Waals surface area (Å²) in [5.41, 5.74) is 0.932. The third-order valence-corrected chi connectivity index (χ3v) is 4.60. The third kappa shape index (κ3) is 3.47. The monoisotopic (exact) mass is 373 g/mol. The van der Waals surface area contributed by atoms with Crippen molar-refractivity contribution in [2.75, 3.05) is 6.61 Å². The summed E-state index contributed by atoms with van der Waals surface area (Å²) < 4.78 is 6.22. The lowest BCUT2D eigenvalue weighted by molar-refractivity contribution is -0.384. The molecule has 3 rings (SSSR count). The van der Waals surface area contributed by atoms with E-state index in [4.69, 9.17) is 4.74 Å². The smallest absolute Gasteiger partial charge is 0.326 e. The first-order valence-electron chi connectivity index (χ1n) is 7.88. The topological polar surface area (TPSA) is 104 Å². The van der Waals surface area contributed by atoms with Gasteiger partial charge in [-0.25, -0.2) is 4.98 Å². The summed E-state index contributed by atoms with van der Waals surface area (Å²) in [7, 11) is 0. The Bertz CT molecular complexity index is 1020. The van der Waals surface area contributed by atoms with Crippen molar-refractivity contribution in [3.05, 3.63) is 56.4 Å². The number of nitro groups is 1. The highest BCUT2D eigenvalue weighted by Crippen LogP contribution is 2.31. The molecule has 0 aliphatic rings. The van der Waals surface area contributed by atoms with E-state index in [1.807, 2.05) is 6.92 Å². The van der Waals surface area contributed by atoms with Crippen molar-refractivity contribution < 1.29 is 14.5 Å². The molecule has 26 heavy (non-hydrogen) atoms. The number of hydrogen-bond acceptors (Lipinski definition) is 7. The van der Waals surface area contributed by atoms with Crippen molar-refractivity contribution >= 4 is 33.2 Å². The van der Waals surface area contributed by atoms with E-state index >= 15 is 0 Å². The van der Waals surface area contributed by atoms with Gasteiger partial charge >= 0.3 is 5.97 Å². The van der Waals surface area contributed by atoms with E-state index in [1.165, 1.54) is 34.4 Å². The van der Waals surface area contributed by atoms with E-state index in [9.17, 15) is 19.7 Å². The van der Waals surface area contributed by atoms with Gasteiger partial charge in [0.25, 0.3) is 11.2 Å². The highest BCUT2D eigenvalue weighted by Gasteiger charge is 2.16. The molecular weight excluding hydrogens is 358 g/mol. The van der Waals surface area contributed by atoms with Crippen LogP contribution < -0.4 is 5.56 Å². The van der Waals surface area contributed by atoms with Crippen LogP contribution >= 0.6 is 11.3 Å². The number of thiophene rings is 1. The standard InChI is InChI=1S/C17H15N3O5S/c1-2-7-25-14(21)8-19-10-18-16-15(17(19)22)13(9-26-16)11-3-5-12(6-4-11)20(23)24/h3-6,9-10H,2,7-8H2,1H3. The molecule has 0 saturated carbocycles. The minimum Gasteiger partial charge on any atom is -0.464 e. The second-order valence-electron chi connectivity index (χ2n) is 5.53. The van der Waals surface area contributed by atoms with Crippen molar-refractivity contribution in [3.8, 4) is 11.1 Å². The van der Waals surface area contributed by atoms with Gasteiger partial charge in [0.1, 0.15) is 11.4 Å². The van der Waals surface area contributed by atoms with Gasteiger partial charge in [0.05, 0.1) is 23.2 Å². The summed E-state index contributed by atoms with van der Waals surface area (Å²) in [6, 6.07) is 5.95. The first kappa shape index (κ1) is 17.7. The zero-order chi connectivity index (χ0) is 18.7. The number of non-ortho nitro benzene ring substituents is 1. The molecule has 0 saturated heterocycles. The third-order valence-electron chi connectivity index (χ3n) is 3.72. The van der Waals surface area contributed by atoms with Gasteiger partial charge in [-0.05, 0) is 24.1 Å². The Labute approximate surface area is 151 Å². The molecule has 0 N–H and O–H groups in total. The Morgan fingerprint density at radius 3 is 2.73 bits per heavy atom. The molecule has 134 valence electrons.